The van der Waals surface area contributed by atoms with Gasteiger partial charge in [0.15, 0.2) is 0 Å². The predicted octanol–water partition coefficient (Wildman–Crippen LogP) is 0.836. The molecule has 1 aliphatic rings. The number of hydrogen-bond donors (Lipinski definition) is 2. The molecule has 3 atom stereocenters. The summed E-state index contributed by atoms with van der Waals surface area (Å²) < 4.78 is 24.8. The Hall–Kier alpha value is -0.750. The first-order chi connectivity index (χ1) is 8.47. The van der Waals surface area contributed by atoms with Crippen molar-refractivity contribution in [1.29, 1.82) is 0 Å². The lowest BCUT2D eigenvalue weighted by Crippen LogP contribution is -2.50. The molecule has 1 aliphatic carbocycles. The summed E-state index contributed by atoms with van der Waals surface area (Å²) in [6.45, 7) is 0.987. The standard InChI is InChI=1S/C12H22F2N2O2/c1-8-3-2-4-9(11(8)15)12(18)16(5-6-17)7-10(13)14/h8-11,17H,2-7,15H2,1H3. The van der Waals surface area contributed by atoms with Crippen LogP contribution < -0.4 is 5.73 Å². The average molecular weight is 264 g/mol. The molecule has 1 saturated carbocycles. The van der Waals surface area contributed by atoms with Crippen LogP contribution in [0.3, 0.4) is 0 Å². The van der Waals surface area contributed by atoms with Crippen LogP contribution in [0.15, 0.2) is 0 Å². The predicted molar refractivity (Wildman–Crippen MR) is 64.2 cm³/mol. The Kier molecular flexibility index (Phi) is 5.95. The summed E-state index contributed by atoms with van der Waals surface area (Å²) >= 11 is 0. The fraction of sp³-hybridized carbons (Fsp3) is 0.917. The zero-order chi connectivity index (χ0) is 13.7. The van der Waals surface area contributed by atoms with E-state index in [0.717, 1.165) is 17.7 Å². The Morgan fingerprint density at radius 2 is 2.17 bits per heavy atom. The van der Waals surface area contributed by atoms with E-state index in [1.54, 1.807) is 0 Å². The van der Waals surface area contributed by atoms with Crippen LogP contribution in [-0.2, 0) is 4.79 Å². The quantitative estimate of drug-likeness (QED) is 0.773. The van der Waals surface area contributed by atoms with Gasteiger partial charge in [0.2, 0.25) is 5.91 Å². The van der Waals surface area contributed by atoms with Gasteiger partial charge in [-0.1, -0.05) is 13.3 Å². The Morgan fingerprint density at radius 3 is 2.72 bits per heavy atom. The van der Waals surface area contributed by atoms with Gasteiger partial charge in [0.1, 0.15) is 0 Å². The number of aliphatic hydroxyl groups is 1. The lowest BCUT2D eigenvalue weighted by Gasteiger charge is -2.36. The maximum atomic E-state index is 12.4. The van der Waals surface area contributed by atoms with Crippen LogP contribution in [-0.4, -0.2) is 48.1 Å². The minimum absolute atomic E-state index is 0.0548. The second-order valence-corrected chi connectivity index (χ2v) is 4.99. The van der Waals surface area contributed by atoms with Gasteiger partial charge in [0.05, 0.1) is 19.1 Å². The van der Waals surface area contributed by atoms with Crippen molar-refractivity contribution in [3.8, 4) is 0 Å². The molecule has 0 aromatic carbocycles. The minimum Gasteiger partial charge on any atom is -0.395 e. The van der Waals surface area contributed by atoms with Gasteiger partial charge < -0.3 is 15.7 Å². The van der Waals surface area contributed by atoms with Crippen molar-refractivity contribution in [2.24, 2.45) is 17.6 Å². The molecule has 3 N–H and O–H groups in total. The number of carbonyl (C=O) groups is 1. The maximum absolute atomic E-state index is 12.4. The first-order valence-electron chi connectivity index (χ1n) is 6.40. The number of aliphatic hydroxyl groups excluding tert-OH is 1. The zero-order valence-electron chi connectivity index (χ0n) is 10.7. The lowest BCUT2D eigenvalue weighted by atomic mass is 9.77. The molecule has 106 valence electrons. The van der Waals surface area contributed by atoms with Gasteiger partial charge in [0.25, 0.3) is 6.43 Å². The highest BCUT2D eigenvalue weighted by Gasteiger charge is 2.35. The first-order valence-corrected chi connectivity index (χ1v) is 6.40. The molecule has 1 rings (SSSR count). The van der Waals surface area contributed by atoms with E-state index < -0.39 is 13.0 Å². The van der Waals surface area contributed by atoms with Crippen LogP contribution in [0.1, 0.15) is 26.2 Å². The van der Waals surface area contributed by atoms with Crippen LogP contribution in [0.2, 0.25) is 0 Å². The number of amides is 1. The second kappa shape index (κ2) is 6.99. The van der Waals surface area contributed by atoms with E-state index in [9.17, 15) is 13.6 Å². The highest BCUT2D eigenvalue weighted by Crippen LogP contribution is 2.29. The Labute approximate surface area is 106 Å². The van der Waals surface area contributed by atoms with Crippen molar-refractivity contribution in [2.45, 2.75) is 38.7 Å². The van der Waals surface area contributed by atoms with Gasteiger partial charge in [0, 0.05) is 12.6 Å². The van der Waals surface area contributed by atoms with E-state index in [-0.39, 0.29) is 36.9 Å². The number of nitrogens with zero attached hydrogens (tertiary/aromatic N) is 1. The molecule has 0 radical (unpaired) electrons. The average Bonchev–Trinajstić information content (AvgIpc) is 2.31. The van der Waals surface area contributed by atoms with Crippen molar-refractivity contribution in [3.63, 3.8) is 0 Å². The molecule has 4 nitrogen and oxygen atoms in total. The van der Waals surface area contributed by atoms with Gasteiger partial charge >= 0.3 is 0 Å². The third-order valence-electron chi connectivity index (χ3n) is 3.65. The summed E-state index contributed by atoms with van der Waals surface area (Å²) in [5.41, 5.74) is 5.99. The van der Waals surface area contributed by atoms with Crippen molar-refractivity contribution in [2.75, 3.05) is 19.7 Å². The minimum atomic E-state index is -2.59. The summed E-state index contributed by atoms with van der Waals surface area (Å²) in [6.07, 6.45) is -0.0693. The molecule has 0 saturated heterocycles. The monoisotopic (exact) mass is 264 g/mol. The molecule has 0 bridgehead atoms. The van der Waals surface area contributed by atoms with Crippen molar-refractivity contribution in [3.05, 3.63) is 0 Å². The van der Waals surface area contributed by atoms with E-state index in [1.807, 2.05) is 6.92 Å². The molecule has 1 amide bonds. The number of halogens is 2. The highest BCUT2D eigenvalue weighted by molar-refractivity contribution is 5.79. The molecule has 6 heteroatoms. The SMILES string of the molecule is CC1CCCC(C(=O)N(CCO)CC(F)F)C1N. The van der Waals surface area contributed by atoms with Gasteiger partial charge in [-0.15, -0.1) is 0 Å². The van der Waals surface area contributed by atoms with E-state index in [2.05, 4.69) is 0 Å². The fourth-order valence-electron chi connectivity index (χ4n) is 2.54. The van der Waals surface area contributed by atoms with Crippen LogP contribution in [0.4, 0.5) is 8.78 Å². The molecule has 3 unspecified atom stereocenters. The molecule has 0 aromatic heterocycles. The lowest BCUT2D eigenvalue weighted by molar-refractivity contribution is -0.140. The summed E-state index contributed by atoms with van der Waals surface area (Å²) in [7, 11) is 0. The number of rotatable bonds is 5. The molecule has 0 heterocycles. The smallest absolute Gasteiger partial charge is 0.255 e. The molecule has 18 heavy (non-hydrogen) atoms. The van der Waals surface area contributed by atoms with Gasteiger partial charge in [-0.25, -0.2) is 8.78 Å². The maximum Gasteiger partial charge on any atom is 0.255 e. The second-order valence-electron chi connectivity index (χ2n) is 4.99. The summed E-state index contributed by atoms with van der Waals surface area (Å²) in [6, 6.07) is -0.273. The number of carbonyl (C=O) groups excluding carboxylic acids is 1. The first kappa shape index (κ1) is 15.3. The molecule has 1 fully saturated rings. The largest absolute Gasteiger partial charge is 0.395 e. The van der Waals surface area contributed by atoms with E-state index in [1.165, 1.54) is 0 Å². The van der Waals surface area contributed by atoms with Crippen molar-refractivity contribution < 1.29 is 18.7 Å². The summed E-state index contributed by atoms with van der Waals surface area (Å²) in [4.78, 5) is 13.2. The Bertz CT molecular complexity index is 277. The van der Waals surface area contributed by atoms with Crippen LogP contribution in [0.5, 0.6) is 0 Å². The molecular formula is C12H22F2N2O2. The Morgan fingerprint density at radius 1 is 1.50 bits per heavy atom. The normalized spacial score (nSPS) is 28.4. The number of nitrogens with two attached hydrogens (primary N) is 1. The van der Waals surface area contributed by atoms with Gasteiger partial charge in [-0.2, -0.15) is 0 Å². The zero-order valence-corrected chi connectivity index (χ0v) is 10.7. The Balaban J connectivity index is 2.68. The molecule has 0 spiro atoms. The molecule has 0 aromatic rings. The third-order valence-corrected chi connectivity index (χ3v) is 3.65. The molecule has 0 aliphatic heterocycles. The van der Waals surface area contributed by atoms with Crippen LogP contribution >= 0.6 is 0 Å². The van der Waals surface area contributed by atoms with Gasteiger partial charge in [-0.05, 0) is 18.8 Å². The third kappa shape index (κ3) is 3.88. The van der Waals surface area contributed by atoms with Crippen molar-refractivity contribution >= 4 is 5.91 Å². The van der Waals surface area contributed by atoms with E-state index in [0.29, 0.717) is 6.42 Å². The van der Waals surface area contributed by atoms with Crippen LogP contribution in [0.25, 0.3) is 0 Å². The molecular weight excluding hydrogens is 242 g/mol. The van der Waals surface area contributed by atoms with Gasteiger partial charge in [-0.3, -0.25) is 4.79 Å². The van der Waals surface area contributed by atoms with Crippen LogP contribution in [0, 0.1) is 11.8 Å². The fourth-order valence-corrected chi connectivity index (χ4v) is 2.54. The summed E-state index contributed by atoms with van der Waals surface area (Å²) in [5.74, 6) is -0.502. The van der Waals surface area contributed by atoms with Crippen molar-refractivity contribution in [1.82, 2.24) is 4.90 Å². The highest BCUT2D eigenvalue weighted by atomic mass is 19.3. The summed E-state index contributed by atoms with van der Waals surface area (Å²) in [5, 5.41) is 8.84. The van der Waals surface area contributed by atoms with E-state index >= 15 is 0 Å². The van der Waals surface area contributed by atoms with E-state index in [4.69, 9.17) is 10.8 Å². The number of alkyl halides is 2. The number of hydrogen-bond acceptors (Lipinski definition) is 3. The topological polar surface area (TPSA) is 66.6 Å².